The second-order valence-corrected chi connectivity index (χ2v) is 9.99. The third-order valence-electron chi connectivity index (χ3n) is 4.50. The van der Waals surface area contributed by atoms with Gasteiger partial charge in [-0.2, -0.15) is 0 Å². The Hall–Kier alpha value is -2.91. The normalized spacial score (nSPS) is 11.2. The van der Waals surface area contributed by atoms with E-state index < -0.39 is 15.7 Å². The Kier molecular flexibility index (Phi) is 7.29. The molecule has 0 unspecified atom stereocenters. The van der Waals surface area contributed by atoms with Crippen LogP contribution in [-0.4, -0.2) is 38.8 Å². The lowest BCUT2D eigenvalue weighted by molar-refractivity contribution is -0.115. The molecule has 0 spiro atoms. The van der Waals surface area contributed by atoms with E-state index in [9.17, 15) is 13.2 Å². The van der Waals surface area contributed by atoms with Crippen molar-refractivity contribution in [1.29, 1.82) is 0 Å². The molecule has 1 amide bonds. The number of benzene rings is 2. The highest BCUT2D eigenvalue weighted by atomic mass is 32.2. The summed E-state index contributed by atoms with van der Waals surface area (Å²) in [5.74, 6) is 0.662. The Morgan fingerprint density at radius 3 is 2.32 bits per heavy atom. The monoisotopic (exact) mass is 460 g/mol. The molecule has 3 rings (SSSR count). The number of sulfone groups is 1. The Bertz CT molecular complexity index is 1140. The number of methoxy groups -OCH3 is 1. The number of anilines is 1. The van der Waals surface area contributed by atoms with Gasteiger partial charge in [0.25, 0.3) is 0 Å². The number of aromatic nitrogens is 1. The van der Waals surface area contributed by atoms with Crippen molar-refractivity contribution in [2.24, 2.45) is 0 Å². The standard InChI is InChI=1S/C22H24N2O5S2/c1-4-29-18-7-5-16(6-8-18)21-15(2)30-22(24-21)23-20(25)13-14-31(26,27)19-11-9-17(28-3)10-12-19/h5-12H,4,13-14H2,1-3H3,(H,23,24,25). The van der Waals surface area contributed by atoms with E-state index in [4.69, 9.17) is 9.47 Å². The third kappa shape index (κ3) is 5.83. The fourth-order valence-electron chi connectivity index (χ4n) is 2.90. The number of carbonyl (C=O) groups excluding carboxylic acids is 1. The maximum absolute atomic E-state index is 12.5. The van der Waals surface area contributed by atoms with Crippen LogP contribution in [0.25, 0.3) is 11.3 Å². The van der Waals surface area contributed by atoms with Crippen molar-refractivity contribution >= 4 is 32.2 Å². The third-order valence-corrected chi connectivity index (χ3v) is 7.12. The van der Waals surface area contributed by atoms with Gasteiger partial charge in [0.15, 0.2) is 15.0 Å². The molecule has 2 aromatic carbocycles. The molecule has 1 N–H and O–H groups in total. The predicted molar refractivity (Wildman–Crippen MR) is 122 cm³/mol. The lowest BCUT2D eigenvalue weighted by Crippen LogP contribution is -2.17. The lowest BCUT2D eigenvalue weighted by Gasteiger charge is -2.06. The van der Waals surface area contributed by atoms with Gasteiger partial charge in [0.1, 0.15) is 11.5 Å². The van der Waals surface area contributed by atoms with Crippen LogP contribution in [0.15, 0.2) is 53.4 Å². The van der Waals surface area contributed by atoms with Crippen LogP contribution in [-0.2, 0) is 14.6 Å². The number of carbonyl (C=O) groups is 1. The number of hydrogen-bond donors (Lipinski definition) is 1. The lowest BCUT2D eigenvalue weighted by atomic mass is 10.1. The summed E-state index contributed by atoms with van der Waals surface area (Å²) < 4.78 is 35.4. The highest BCUT2D eigenvalue weighted by Crippen LogP contribution is 2.31. The molecule has 0 saturated heterocycles. The minimum absolute atomic E-state index is 0.156. The average Bonchev–Trinajstić information content (AvgIpc) is 3.13. The van der Waals surface area contributed by atoms with Crippen LogP contribution >= 0.6 is 11.3 Å². The molecule has 0 saturated carbocycles. The highest BCUT2D eigenvalue weighted by molar-refractivity contribution is 7.91. The number of nitrogens with one attached hydrogen (secondary N) is 1. The largest absolute Gasteiger partial charge is 0.497 e. The van der Waals surface area contributed by atoms with E-state index in [-0.39, 0.29) is 17.1 Å². The number of thiazole rings is 1. The molecule has 1 heterocycles. The fraction of sp³-hybridized carbons (Fsp3) is 0.273. The summed E-state index contributed by atoms with van der Waals surface area (Å²) in [7, 11) is -2.06. The average molecular weight is 461 g/mol. The van der Waals surface area contributed by atoms with Crippen molar-refractivity contribution in [2.75, 3.05) is 24.8 Å². The van der Waals surface area contributed by atoms with Crippen LogP contribution in [0.5, 0.6) is 11.5 Å². The van der Waals surface area contributed by atoms with Gasteiger partial charge in [0.05, 0.1) is 30.1 Å². The summed E-state index contributed by atoms with van der Waals surface area (Å²) in [5.41, 5.74) is 1.69. The summed E-state index contributed by atoms with van der Waals surface area (Å²) >= 11 is 1.35. The second kappa shape index (κ2) is 9.93. The summed E-state index contributed by atoms with van der Waals surface area (Å²) in [6.07, 6.45) is -0.161. The van der Waals surface area contributed by atoms with E-state index in [0.717, 1.165) is 21.9 Å². The molecular weight excluding hydrogens is 436 g/mol. The van der Waals surface area contributed by atoms with Crippen molar-refractivity contribution in [3.8, 4) is 22.8 Å². The molecule has 0 radical (unpaired) electrons. The Morgan fingerprint density at radius 1 is 1.06 bits per heavy atom. The van der Waals surface area contributed by atoms with Crippen LogP contribution in [0.2, 0.25) is 0 Å². The van der Waals surface area contributed by atoms with Gasteiger partial charge in [0.2, 0.25) is 5.91 Å². The summed E-state index contributed by atoms with van der Waals surface area (Å²) in [6, 6.07) is 13.7. The van der Waals surface area contributed by atoms with Gasteiger partial charge in [-0.25, -0.2) is 13.4 Å². The first-order valence-electron chi connectivity index (χ1n) is 9.69. The molecule has 1 aromatic heterocycles. The smallest absolute Gasteiger partial charge is 0.227 e. The molecule has 31 heavy (non-hydrogen) atoms. The molecule has 0 aliphatic rings. The molecule has 164 valence electrons. The van der Waals surface area contributed by atoms with Crippen molar-refractivity contribution < 1.29 is 22.7 Å². The number of aryl methyl sites for hydroxylation is 1. The van der Waals surface area contributed by atoms with Crippen LogP contribution in [0.4, 0.5) is 5.13 Å². The van der Waals surface area contributed by atoms with Gasteiger partial charge in [-0.15, -0.1) is 11.3 Å². The first-order chi connectivity index (χ1) is 14.8. The maximum Gasteiger partial charge on any atom is 0.227 e. The van der Waals surface area contributed by atoms with E-state index in [1.165, 1.54) is 30.6 Å². The fourth-order valence-corrected chi connectivity index (χ4v) is 5.00. The number of ether oxygens (including phenoxy) is 2. The van der Waals surface area contributed by atoms with E-state index in [1.54, 1.807) is 12.1 Å². The number of hydrogen-bond acceptors (Lipinski definition) is 7. The van der Waals surface area contributed by atoms with Gasteiger partial charge in [-0.1, -0.05) is 0 Å². The topological polar surface area (TPSA) is 94.6 Å². The predicted octanol–water partition coefficient (Wildman–Crippen LogP) is 4.33. The minimum atomic E-state index is -3.57. The molecule has 7 nitrogen and oxygen atoms in total. The van der Waals surface area contributed by atoms with Crippen molar-refractivity contribution in [3.63, 3.8) is 0 Å². The van der Waals surface area contributed by atoms with E-state index in [1.807, 2.05) is 38.1 Å². The van der Waals surface area contributed by atoms with Gasteiger partial charge < -0.3 is 14.8 Å². The summed E-state index contributed by atoms with van der Waals surface area (Å²) in [4.78, 5) is 17.9. The Balaban J connectivity index is 1.62. The van der Waals surface area contributed by atoms with Crippen LogP contribution < -0.4 is 14.8 Å². The van der Waals surface area contributed by atoms with Gasteiger partial charge in [-0.3, -0.25) is 4.79 Å². The molecule has 0 bridgehead atoms. The molecule has 9 heteroatoms. The minimum Gasteiger partial charge on any atom is -0.497 e. The zero-order valence-corrected chi connectivity index (χ0v) is 19.2. The Morgan fingerprint density at radius 2 is 1.71 bits per heavy atom. The van der Waals surface area contributed by atoms with Gasteiger partial charge in [-0.05, 0) is 62.4 Å². The quantitative estimate of drug-likeness (QED) is 0.511. The van der Waals surface area contributed by atoms with Gasteiger partial charge in [0, 0.05) is 16.9 Å². The first-order valence-corrected chi connectivity index (χ1v) is 12.2. The zero-order valence-electron chi connectivity index (χ0n) is 17.5. The molecule has 0 atom stereocenters. The second-order valence-electron chi connectivity index (χ2n) is 6.67. The SMILES string of the molecule is CCOc1ccc(-c2nc(NC(=O)CCS(=O)(=O)c3ccc(OC)cc3)sc2C)cc1. The first kappa shape index (κ1) is 22.8. The van der Waals surface area contributed by atoms with Crippen LogP contribution in [0, 0.1) is 6.92 Å². The summed E-state index contributed by atoms with van der Waals surface area (Å²) in [5, 5.41) is 3.14. The van der Waals surface area contributed by atoms with Crippen molar-refractivity contribution in [2.45, 2.75) is 25.2 Å². The van der Waals surface area contributed by atoms with Crippen LogP contribution in [0.3, 0.4) is 0 Å². The molecular formula is C22H24N2O5S2. The molecule has 3 aromatic rings. The Labute approximate surface area is 186 Å². The number of amides is 1. The molecule has 0 aliphatic heterocycles. The maximum atomic E-state index is 12.5. The molecule has 0 fully saturated rings. The summed E-state index contributed by atoms with van der Waals surface area (Å²) in [6.45, 7) is 4.45. The van der Waals surface area contributed by atoms with Crippen molar-refractivity contribution in [1.82, 2.24) is 4.98 Å². The number of nitrogens with zero attached hydrogens (tertiary/aromatic N) is 1. The van der Waals surface area contributed by atoms with Crippen molar-refractivity contribution in [3.05, 3.63) is 53.4 Å². The van der Waals surface area contributed by atoms with E-state index in [2.05, 4.69) is 10.3 Å². The van der Waals surface area contributed by atoms with E-state index >= 15 is 0 Å². The highest BCUT2D eigenvalue weighted by Gasteiger charge is 2.18. The number of rotatable bonds is 9. The molecule has 0 aliphatic carbocycles. The van der Waals surface area contributed by atoms with E-state index in [0.29, 0.717) is 17.5 Å². The zero-order chi connectivity index (χ0) is 22.4. The van der Waals surface area contributed by atoms with Crippen LogP contribution in [0.1, 0.15) is 18.2 Å². The van der Waals surface area contributed by atoms with Gasteiger partial charge >= 0.3 is 0 Å².